The quantitative estimate of drug-likeness (QED) is 0.0293. The standard InChI is InChI=1S/C20H17FO6S2.C20H17FO4S2.C20H17FO2S2.C8H9F.C6H6O2/c21-20-9-1-4-14(12-28(24,25)17-7-2-5-15(22)10-17)19(20)13-29(26,27)18-8-3-6-16(23)11-18;21-20-9-1-4-14(12-26(24)17-7-2-5-15(22)10-17)19(20)13-27(25)18-8-3-6-16(23)11-18;21-20-9-1-4-14(12-24-17-7-2-5-15(22)10-17)19(20)13-25-18-8-3-6-16(23)11-18;1-6-4-3-5-8(9)7(6)2;7-5-2-1-3-6(8)4-5/h1-11,22-23H,12-13H2;1-11,22-23H,12-13H2;1-11,22-23H,12-13H2;3-5H,1-2H3;1-4,7-8H. The molecule has 0 amide bonds. The molecule has 0 fully saturated rings. The average Bonchev–Trinajstić information content (AvgIpc) is 0.799. The largest absolute Gasteiger partial charge is 0.508 e. The van der Waals surface area contributed by atoms with Crippen LogP contribution in [0.4, 0.5) is 17.6 Å². The van der Waals surface area contributed by atoms with Crippen molar-refractivity contribution < 1.29 is 83.7 Å². The number of phenols is 8. The van der Waals surface area contributed by atoms with Crippen molar-refractivity contribution in [1.82, 2.24) is 0 Å². The molecule has 98 heavy (non-hydrogen) atoms. The van der Waals surface area contributed by atoms with Crippen LogP contribution in [0.15, 0.2) is 272 Å². The Kier molecular flexibility index (Phi) is 28.0. The highest BCUT2D eigenvalue weighted by Gasteiger charge is 2.25. The van der Waals surface area contributed by atoms with Gasteiger partial charge in [-0.15, -0.1) is 23.5 Å². The molecule has 2 atom stereocenters. The van der Waals surface area contributed by atoms with E-state index in [0.717, 1.165) is 44.7 Å². The maximum atomic E-state index is 14.5. The third kappa shape index (κ3) is 23.3. The highest BCUT2D eigenvalue weighted by Crippen LogP contribution is 2.34. The van der Waals surface area contributed by atoms with E-state index in [9.17, 15) is 73.5 Å². The van der Waals surface area contributed by atoms with Gasteiger partial charge in [-0.3, -0.25) is 8.42 Å². The minimum Gasteiger partial charge on any atom is -0.508 e. The number of aryl methyl sites for hydroxylation is 1. The minimum absolute atomic E-state index is 0.00271. The van der Waals surface area contributed by atoms with E-state index in [1.54, 1.807) is 104 Å². The van der Waals surface area contributed by atoms with E-state index in [1.165, 1.54) is 127 Å². The highest BCUT2D eigenvalue weighted by atomic mass is 32.2. The number of benzene rings is 11. The fourth-order valence-electron chi connectivity index (χ4n) is 8.98. The summed E-state index contributed by atoms with van der Waals surface area (Å²) in [5.41, 5.74) is 3.81. The number of rotatable bonds is 18. The molecule has 8 N–H and O–H groups in total. The molecule has 24 heteroatoms. The summed E-state index contributed by atoms with van der Waals surface area (Å²) < 4.78 is 132. The normalized spacial score (nSPS) is 11.6. The molecular weight excluding hydrogens is 1380 g/mol. The molecule has 0 spiro atoms. The smallest absolute Gasteiger partial charge is 0.182 e. The Morgan fingerprint density at radius 2 is 0.694 bits per heavy atom. The lowest BCUT2D eigenvalue weighted by molar-refractivity contribution is 0.450. The Morgan fingerprint density at radius 3 is 1.14 bits per heavy atom. The van der Waals surface area contributed by atoms with Crippen LogP contribution in [0.2, 0.25) is 0 Å². The molecule has 14 nitrogen and oxygen atoms in total. The van der Waals surface area contributed by atoms with Gasteiger partial charge in [-0.05, 0) is 187 Å². The van der Waals surface area contributed by atoms with Crippen molar-refractivity contribution >= 4 is 64.8 Å². The first-order chi connectivity index (χ1) is 46.6. The Balaban J connectivity index is 0.000000184. The fourth-order valence-corrected chi connectivity index (χ4v) is 16.3. The molecule has 11 rings (SSSR count). The molecule has 11 aromatic rings. The summed E-state index contributed by atoms with van der Waals surface area (Å²) in [6.45, 7) is 3.68. The van der Waals surface area contributed by atoms with Gasteiger partial charge in [0.1, 0.15) is 69.3 Å². The number of aromatic hydroxyl groups is 8. The van der Waals surface area contributed by atoms with Crippen LogP contribution < -0.4 is 0 Å². The van der Waals surface area contributed by atoms with Crippen LogP contribution in [0, 0.1) is 37.1 Å². The van der Waals surface area contributed by atoms with Crippen LogP contribution >= 0.6 is 23.5 Å². The number of phenolic OH excluding ortho intramolecular Hbond substituents is 8. The molecular formula is C74H66F4O14S6. The fraction of sp³-hybridized carbons (Fsp3) is 0.108. The third-order valence-corrected chi connectivity index (χ3v) is 22.2. The van der Waals surface area contributed by atoms with Gasteiger partial charge in [-0.25, -0.2) is 34.4 Å². The van der Waals surface area contributed by atoms with Crippen LogP contribution in [-0.2, 0) is 75.8 Å². The number of sulfone groups is 2. The second kappa shape index (κ2) is 36.1. The summed E-state index contributed by atoms with van der Waals surface area (Å²) in [6.07, 6.45) is 0. The molecule has 0 saturated carbocycles. The van der Waals surface area contributed by atoms with Gasteiger partial charge in [0.25, 0.3) is 0 Å². The van der Waals surface area contributed by atoms with E-state index in [-0.39, 0.29) is 95.6 Å². The van der Waals surface area contributed by atoms with E-state index in [4.69, 9.17) is 10.2 Å². The molecule has 0 bridgehead atoms. The Hall–Kier alpha value is -9.56. The zero-order valence-corrected chi connectivity index (χ0v) is 57.2. The first kappa shape index (κ1) is 75.8. The Bertz CT molecular complexity index is 4790. The number of hydrogen-bond acceptors (Lipinski definition) is 16. The zero-order valence-electron chi connectivity index (χ0n) is 52.3. The van der Waals surface area contributed by atoms with Crippen molar-refractivity contribution in [3.05, 3.63) is 310 Å². The first-order valence-electron chi connectivity index (χ1n) is 29.3. The van der Waals surface area contributed by atoms with Gasteiger partial charge in [-0.1, -0.05) is 91.0 Å². The average molecular weight is 1450 g/mol. The third-order valence-electron chi connectivity index (χ3n) is 14.2. The highest BCUT2D eigenvalue weighted by molar-refractivity contribution is 7.99. The van der Waals surface area contributed by atoms with Crippen molar-refractivity contribution in [2.24, 2.45) is 0 Å². The van der Waals surface area contributed by atoms with Crippen molar-refractivity contribution in [3.63, 3.8) is 0 Å². The van der Waals surface area contributed by atoms with Gasteiger partial charge in [0.2, 0.25) is 0 Å². The lowest BCUT2D eigenvalue weighted by Gasteiger charge is -2.12. The van der Waals surface area contributed by atoms with E-state index in [1.807, 2.05) is 31.2 Å². The first-order valence-corrected chi connectivity index (χ1v) is 37.3. The molecule has 0 aliphatic carbocycles. The maximum Gasteiger partial charge on any atom is 0.182 e. The molecule has 0 heterocycles. The summed E-state index contributed by atoms with van der Waals surface area (Å²) in [7, 11) is -11.1. The summed E-state index contributed by atoms with van der Waals surface area (Å²) >= 11 is 3.05. The van der Waals surface area contributed by atoms with Crippen molar-refractivity contribution in [3.8, 4) is 46.0 Å². The Morgan fingerprint density at radius 1 is 0.337 bits per heavy atom. The summed E-state index contributed by atoms with van der Waals surface area (Å²) in [5, 5.41) is 74.5. The zero-order chi connectivity index (χ0) is 71.1. The second-order valence-electron chi connectivity index (χ2n) is 21.4. The number of hydrogen-bond donors (Lipinski definition) is 8. The van der Waals surface area contributed by atoms with Crippen LogP contribution in [-0.4, -0.2) is 66.1 Å². The monoisotopic (exact) mass is 1450 g/mol. The van der Waals surface area contributed by atoms with Gasteiger partial charge in [-0.2, -0.15) is 0 Å². The molecule has 0 radical (unpaired) electrons. The molecule has 0 saturated heterocycles. The SMILES string of the molecule is Cc1cccc(F)c1C.O=S(=O)(Cc1cccc(F)c1CS(=O)(=O)c1cccc(O)c1)c1cccc(O)c1.O=S(Cc1cccc(F)c1CS(=O)c1cccc(O)c1)c1cccc(O)c1.Oc1cccc(O)c1.Oc1cccc(SCc2cccc(F)c2CSc2cccc(O)c2)c1. The predicted octanol–water partition coefficient (Wildman–Crippen LogP) is 16.4. The van der Waals surface area contributed by atoms with Gasteiger partial charge < -0.3 is 40.9 Å². The lowest BCUT2D eigenvalue weighted by atomic mass is 10.1. The topological polar surface area (TPSA) is 264 Å². The number of halogens is 4. The lowest BCUT2D eigenvalue weighted by Crippen LogP contribution is -2.12. The predicted molar refractivity (Wildman–Crippen MR) is 375 cm³/mol. The second-order valence-corrected chi connectivity index (χ2v) is 30.4. The number of thioether (sulfide) groups is 2. The Labute approximate surface area is 578 Å². The molecule has 0 aromatic heterocycles. The summed E-state index contributed by atoms with van der Waals surface area (Å²) in [5.74, 6) is -1.96. The van der Waals surface area contributed by atoms with Gasteiger partial charge in [0.15, 0.2) is 19.7 Å². The van der Waals surface area contributed by atoms with E-state index >= 15 is 0 Å². The van der Waals surface area contributed by atoms with Gasteiger partial charge in [0.05, 0.1) is 54.4 Å². The van der Waals surface area contributed by atoms with Crippen molar-refractivity contribution in [1.29, 1.82) is 0 Å². The van der Waals surface area contributed by atoms with E-state index < -0.39 is 64.4 Å². The summed E-state index contributed by atoms with van der Waals surface area (Å²) in [4.78, 5) is 2.29. The molecule has 0 aliphatic rings. The van der Waals surface area contributed by atoms with E-state index in [2.05, 4.69) is 0 Å². The van der Waals surface area contributed by atoms with Gasteiger partial charge >= 0.3 is 0 Å². The van der Waals surface area contributed by atoms with Crippen molar-refractivity contribution in [2.75, 3.05) is 0 Å². The minimum atomic E-state index is -4.04. The molecule has 510 valence electrons. The van der Waals surface area contributed by atoms with Crippen LogP contribution in [0.1, 0.15) is 44.5 Å². The molecule has 2 unspecified atom stereocenters. The summed E-state index contributed by atoms with van der Waals surface area (Å²) in [6, 6.07) is 60.3. The van der Waals surface area contributed by atoms with Crippen LogP contribution in [0.5, 0.6) is 46.0 Å². The van der Waals surface area contributed by atoms with Crippen LogP contribution in [0.3, 0.4) is 0 Å². The maximum absolute atomic E-state index is 14.5. The van der Waals surface area contributed by atoms with Crippen LogP contribution in [0.25, 0.3) is 0 Å². The molecule has 0 aliphatic heterocycles. The van der Waals surface area contributed by atoms with E-state index in [0.29, 0.717) is 32.4 Å². The molecule has 11 aromatic carbocycles. The van der Waals surface area contributed by atoms with Gasteiger partial charge in [0, 0.05) is 53.8 Å². The van der Waals surface area contributed by atoms with Crippen molar-refractivity contribution in [2.45, 2.75) is 77.7 Å².